The standard InChI is InChI=1S/C15H28N4O3/c1-9(17-5)13(21)18-11(15(2,3)4)14(22)19-8-6-7-10(19)12(16)20/h9-11,17H,6-8H2,1-5H3,(H2,16,20)(H,18,21). The van der Waals surface area contributed by atoms with E-state index < -0.39 is 29.4 Å². The van der Waals surface area contributed by atoms with Gasteiger partial charge < -0.3 is 21.3 Å². The summed E-state index contributed by atoms with van der Waals surface area (Å²) < 4.78 is 0. The van der Waals surface area contributed by atoms with Gasteiger partial charge in [-0.15, -0.1) is 0 Å². The first-order chi connectivity index (χ1) is 10.1. The van der Waals surface area contributed by atoms with Crippen molar-refractivity contribution in [1.82, 2.24) is 15.5 Å². The Balaban J connectivity index is 2.95. The first-order valence-corrected chi connectivity index (χ1v) is 7.67. The van der Waals surface area contributed by atoms with Crippen LogP contribution >= 0.6 is 0 Å². The molecule has 0 aliphatic carbocycles. The van der Waals surface area contributed by atoms with Crippen LogP contribution in [0.15, 0.2) is 0 Å². The van der Waals surface area contributed by atoms with Crippen molar-refractivity contribution in [3.05, 3.63) is 0 Å². The molecule has 0 aromatic carbocycles. The van der Waals surface area contributed by atoms with Crippen LogP contribution in [-0.4, -0.2) is 54.3 Å². The summed E-state index contributed by atoms with van der Waals surface area (Å²) in [5.74, 6) is -0.982. The summed E-state index contributed by atoms with van der Waals surface area (Å²) in [6, 6.07) is -1.67. The van der Waals surface area contributed by atoms with Gasteiger partial charge in [0.05, 0.1) is 6.04 Å². The predicted octanol–water partition coefficient (Wildman–Crippen LogP) is -0.398. The van der Waals surface area contributed by atoms with Gasteiger partial charge in [-0.2, -0.15) is 0 Å². The summed E-state index contributed by atoms with van der Waals surface area (Å²) in [4.78, 5) is 38.0. The molecule has 1 saturated heterocycles. The normalized spacial score (nSPS) is 21.3. The first kappa shape index (κ1) is 18.4. The van der Waals surface area contributed by atoms with E-state index in [4.69, 9.17) is 5.73 Å². The molecule has 22 heavy (non-hydrogen) atoms. The highest BCUT2D eigenvalue weighted by molar-refractivity contribution is 5.93. The number of rotatable bonds is 5. The molecule has 4 N–H and O–H groups in total. The van der Waals surface area contributed by atoms with E-state index in [1.807, 2.05) is 20.8 Å². The van der Waals surface area contributed by atoms with Gasteiger partial charge in [-0.3, -0.25) is 14.4 Å². The van der Waals surface area contributed by atoms with Crippen LogP contribution in [0.2, 0.25) is 0 Å². The molecule has 3 unspecified atom stereocenters. The number of primary amides is 1. The van der Waals surface area contributed by atoms with Crippen LogP contribution in [0.25, 0.3) is 0 Å². The number of nitrogens with zero attached hydrogens (tertiary/aromatic N) is 1. The van der Waals surface area contributed by atoms with Crippen LogP contribution in [0.5, 0.6) is 0 Å². The fourth-order valence-electron chi connectivity index (χ4n) is 2.54. The third-order valence-electron chi connectivity index (χ3n) is 4.09. The van der Waals surface area contributed by atoms with Crippen molar-refractivity contribution in [3.8, 4) is 0 Å². The quantitative estimate of drug-likeness (QED) is 0.642. The maximum Gasteiger partial charge on any atom is 0.246 e. The second-order valence-corrected chi connectivity index (χ2v) is 6.91. The third kappa shape index (κ3) is 4.19. The van der Waals surface area contributed by atoms with Gasteiger partial charge in [0, 0.05) is 6.54 Å². The van der Waals surface area contributed by atoms with Gasteiger partial charge in [0.1, 0.15) is 12.1 Å². The van der Waals surface area contributed by atoms with Crippen molar-refractivity contribution in [2.24, 2.45) is 11.1 Å². The Morgan fingerprint density at radius 3 is 2.32 bits per heavy atom. The van der Waals surface area contributed by atoms with Crippen molar-refractivity contribution in [2.75, 3.05) is 13.6 Å². The number of carbonyl (C=O) groups excluding carboxylic acids is 3. The van der Waals surface area contributed by atoms with E-state index >= 15 is 0 Å². The van der Waals surface area contributed by atoms with Gasteiger partial charge in [0.15, 0.2) is 0 Å². The van der Waals surface area contributed by atoms with Crippen LogP contribution in [-0.2, 0) is 14.4 Å². The van der Waals surface area contributed by atoms with Crippen LogP contribution in [0.4, 0.5) is 0 Å². The number of nitrogens with one attached hydrogen (secondary N) is 2. The molecule has 1 aliphatic heterocycles. The van der Waals surface area contributed by atoms with Crippen molar-refractivity contribution < 1.29 is 14.4 Å². The molecule has 1 heterocycles. The van der Waals surface area contributed by atoms with E-state index in [-0.39, 0.29) is 11.8 Å². The molecular weight excluding hydrogens is 284 g/mol. The van der Waals surface area contributed by atoms with Gasteiger partial charge in [-0.1, -0.05) is 20.8 Å². The van der Waals surface area contributed by atoms with Crippen molar-refractivity contribution in [3.63, 3.8) is 0 Å². The summed E-state index contributed by atoms with van der Waals surface area (Å²) in [7, 11) is 1.68. The van der Waals surface area contributed by atoms with Crippen molar-refractivity contribution in [2.45, 2.75) is 58.7 Å². The Labute approximate surface area is 132 Å². The number of hydrogen-bond donors (Lipinski definition) is 3. The average Bonchev–Trinajstić information content (AvgIpc) is 2.91. The molecule has 1 fully saturated rings. The van der Waals surface area contributed by atoms with E-state index in [0.29, 0.717) is 13.0 Å². The molecule has 3 atom stereocenters. The molecule has 126 valence electrons. The summed E-state index contributed by atoms with van der Waals surface area (Å²) in [5, 5.41) is 5.64. The number of likely N-dealkylation sites (tertiary alicyclic amines) is 1. The molecule has 3 amide bonds. The lowest BCUT2D eigenvalue weighted by molar-refractivity contribution is -0.143. The Kier molecular flexibility index (Phi) is 5.93. The summed E-state index contributed by atoms with van der Waals surface area (Å²) in [5.41, 5.74) is 4.91. The third-order valence-corrected chi connectivity index (χ3v) is 4.09. The summed E-state index contributed by atoms with van der Waals surface area (Å²) in [6.07, 6.45) is 1.33. The topological polar surface area (TPSA) is 105 Å². The van der Waals surface area contributed by atoms with Gasteiger partial charge >= 0.3 is 0 Å². The minimum Gasteiger partial charge on any atom is -0.368 e. The van der Waals surface area contributed by atoms with E-state index in [1.54, 1.807) is 14.0 Å². The fraction of sp³-hybridized carbons (Fsp3) is 0.800. The van der Waals surface area contributed by atoms with E-state index in [2.05, 4.69) is 10.6 Å². The molecular formula is C15H28N4O3. The van der Waals surface area contributed by atoms with Crippen molar-refractivity contribution >= 4 is 17.7 Å². The molecule has 0 radical (unpaired) electrons. The molecule has 0 saturated carbocycles. The maximum atomic E-state index is 12.8. The van der Waals surface area contributed by atoms with Crippen LogP contribution in [0, 0.1) is 5.41 Å². The number of amides is 3. The van der Waals surface area contributed by atoms with Gasteiger partial charge in [0.2, 0.25) is 17.7 Å². The zero-order chi connectivity index (χ0) is 17.1. The minimum atomic E-state index is -0.698. The lowest BCUT2D eigenvalue weighted by atomic mass is 9.85. The van der Waals surface area contributed by atoms with Crippen molar-refractivity contribution in [1.29, 1.82) is 0 Å². The highest BCUT2D eigenvalue weighted by atomic mass is 16.2. The van der Waals surface area contributed by atoms with Crippen LogP contribution < -0.4 is 16.4 Å². The Bertz CT molecular complexity index is 445. The molecule has 0 spiro atoms. The van der Waals surface area contributed by atoms with Gasteiger partial charge in [-0.25, -0.2) is 0 Å². The predicted molar refractivity (Wildman–Crippen MR) is 83.8 cm³/mol. The minimum absolute atomic E-state index is 0.245. The van der Waals surface area contributed by atoms with E-state index in [1.165, 1.54) is 4.90 Å². The molecule has 1 rings (SSSR count). The number of carbonyl (C=O) groups is 3. The Morgan fingerprint density at radius 2 is 1.86 bits per heavy atom. The molecule has 1 aliphatic rings. The molecule has 0 aromatic heterocycles. The molecule has 7 nitrogen and oxygen atoms in total. The zero-order valence-corrected chi connectivity index (χ0v) is 14.1. The van der Waals surface area contributed by atoms with Gasteiger partial charge in [0.25, 0.3) is 0 Å². The van der Waals surface area contributed by atoms with Crippen LogP contribution in [0.3, 0.4) is 0 Å². The lowest BCUT2D eigenvalue weighted by Gasteiger charge is -2.35. The monoisotopic (exact) mass is 312 g/mol. The number of nitrogens with two attached hydrogens (primary N) is 1. The van der Waals surface area contributed by atoms with E-state index in [0.717, 1.165) is 6.42 Å². The van der Waals surface area contributed by atoms with Crippen LogP contribution in [0.1, 0.15) is 40.5 Å². The second kappa shape index (κ2) is 7.09. The first-order valence-electron chi connectivity index (χ1n) is 7.67. The summed E-state index contributed by atoms with van der Waals surface area (Å²) in [6.45, 7) is 7.87. The van der Waals surface area contributed by atoms with E-state index in [9.17, 15) is 14.4 Å². The molecule has 0 bridgehead atoms. The zero-order valence-electron chi connectivity index (χ0n) is 14.1. The number of hydrogen-bond acceptors (Lipinski definition) is 4. The second-order valence-electron chi connectivity index (χ2n) is 6.91. The average molecular weight is 312 g/mol. The maximum absolute atomic E-state index is 12.8. The number of likely N-dealkylation sites (N-methyl/N-ethyl adjacent to an activating group) is 1. The highest BCUT2D eigenvalue weighted by Gasteiger charge is 2.41. The Hall–Kier alpha value is -1.63. The molecule has 0 aromatic rings. The largest absolute Gasteiger partial charge is 0.368 e. The Morgan fingerprint density at radius 1 is 1.27 bits per heavy atom. The lowest BCUT2D eigenvalue weighted by Crippen LogP contribution is -2.59. The highest BCUT2D eigenvalue weighted by Crippen LogP contribution is 2.25. The molecule has 7 heteroatoms. The smallest absolute Gasteiger partial charge is 0.246 e. The van der Waals surface area contributed by atoms with Gasteiger partial charge in [-0.05, 0) is 32.2 Å². The fourth-order valence-corrected chi connectivity index (χ4v) is 2.54. The SMILES string of the molecule is CNC(C)C(=O)NC(C(=O)N1CCCC1C(N)=O)C(C)(C)C. The summed E-state index contributed by atoms with van der Waals surface area (Å²) >= 11 is 0.